The highest BCUT2D eigenvalue weighted by Gasteiger charge is 2.23. The number of fused-ring (bicyclic) bond motifs is 1. The third kappa shape index (κ3) is 4.81. The van der Waals surface area contributed by atoms with E-state index in [1.54, 1.807) is 0 Å². The Kier molecular flexibility index (Phi) is 6.18. The van der Waals surface area contributed by atoms with E-state index in [2.05, 4.69) is 22.3 Å². The van der Waals surface area contributed by atoms with E-state index in [1.165, 1.54) is 35.5 Å². The van der Waals surface area contributed by atoms with E-state index < -0.39 is 28.3 Å². The molecular formula is C20H24FN3O3S. The zero-order valence-electron chi connectivity index (χ0n) is 15.8. The fourth-order valence-corrected chi connectivity index (χ4v) is 4.22. The minimum atomic E-state index is -3.79. The van der Waals surface area contributed by atoms with Crippen molar-refractivity contribution in [3.05, 3.63) is 59.9 Å². The highest BCUT2D eigenvalue weighted by molar-refractivity contribution is 7.92. The lowest BCUT2D eigenvalue weighted by atomic mass is 10.2. The molecule has 0 aliphatic carbocycles. The Morgan fingerprint density at radius 1 is 1.18 bits per heavy atom. The van der Waals surface area contributed by atoms with Gasteiger partial charge in [0, 0.05) is 25.3 Å². The quantitative estimate of drug-likeness (QED) is 0.684. The van der Waals surface area contributed by atoms with Crippen molar-refractivity contribution in [2.24, 2.45) is 0 Å². The van der Waals surface area contributed by atoms with Gasteiger partial charge in [-0.25, -0.2) is 12.8 Å². The summed E-state index contributed by atoms with van der Waals surface area (Å²) in [6.07, 6.45) is 2.71. The predicted molar refractivity (Wildman–Crippen MR) is 109 cm³/mol. The van der Waals surface area contributed by atoms with Crippen LogP contribution in [0.4, 0.5) is 15.8 Å². The largest absolute Gasteiger partial charge is 0.371 e. The fraction of sp³-hybridized carbons (Fsp3) is 0.350. The van der Waals surface area contributed by atoms with Crippen LogP contribution < -0.4 is 14.5 Å². The second-order valence-corrected chi connectivity index (χ2v) is 8.70. The predicted octanol–water partition coefficient (Wildman–Crippen LogP) is 2.16. The molecule has 150 valence electrons. The van der Waals surface area contributed by atoms with Crippen LogP contribution in [-0.2, 0) is 21.2 Å². The Morgan fingerprint density at radius 2 is 1.89 bits per heavy atom. The van der Waals surface area contributed by atoms with Crippen molar-refractivity contribution in [3.63, 3.8) is 0 Å². The van der Waals surface area contributed by atoms with Crippen LogP contribution >= 0.6 is 0 Å². The summed E-state index contributed by atoms with van der Waals surface area (Å²) in [6.45, 7) is 1.74. The van der Waals surface area contributed by atoms with Crippen LogP contribution in [-0.4, -0.2) is 46.8 Å². The molecule has 0 saturated carbocycles. The molecule has 1 aliphatic rings. The molecule has 0 spiro atoms. The number of anilines is 2. The van der Waals surface area contributed by atoms with Gasteiger partial charge >= 0.3 is 0 Å². The highest BCUT2D eigenvalue weighted by Crippen LogP contribution is 2.27. The maximum atomic E-state index is 14.0. The summed E-state index contributed by atoms with van der Waals surface area (Å²) < 4.78 is 38.8. The fourth-order valence-electron chi connectivity index (χ4n) is 3.36. The van der Waals surface area contributed by atoms with E-state index in [0.29, 0.717) is 6.54 Å². The van der Waals surface area contributed by atoms with Crippen LogP contribution in [0.2, 0.25) is 0 Å². The number of rotatable bonds is 8. The first-order valence-corrected chi connectivity index (χ1v) is 11.0. The van der Waals surface area contributed by atoms with Gasteiger partial charge in [0.2, 0.25) is 15.9 Å². The van der Waals surface area contributed by atoms with Crippen LogP contribution in [0.25, 0.3) is 0 Å². The van der Waals surface area contributed by atoms with E-state index in [0.717, 1.165) is 36.5 Å². The molecular weight excluding hydrogens is 381 g/mol. The summed E-state index contributed by atoms with van der Waals surface area (Å²) in [4.78, 5) is 14.5. The number of sulfonamides is 1. The molecule has 0 radical (unpaired) electrons. The summed E-state index contributed by atoms with van der Waals surface area (Å²) in [6, 6.07) is 13.8. The molecule has 0 atom stereocenters. The van der Waals surface area contributed by atoms with Crippen LogP contribution in [0.3, 0.4) is 0 Å². The molecule has 0 saturated heterocycles. The molecule has 2 aromatic rings. The minimum absolute atomic E-state index is 0.131. The third-order valence-electron chi connectivity index (χ3n) is 4.72. The number of carbonyl (C=O) groups is 1. The highest BCUT2D eigenvalue weighted by atomic mass is 32.2. The lowest BCUT2D eigenvalue weighted by Gasteiger charge is -2.22. The lowest BCUT2D eigenvalue weighted by Crippen LogP contribution is -2.41. The molecule has 2 aromatic carbocycles. The standard InChI is InChI=1S/C20H24FN3O3S/c1-28(26,27)24(19-10-5-3-8-17(19)21)15-20(25)22-12-6-13-23-14-11-16-7-2-4-9-18(16)23/h2-5,7-10H,6,11-15H2,1H3,(H,22,25). The third-order valence-corrected chi connectivity index (χ3v) is 5.85. The molecule has 1 amide bonds. The topological polar surface area (TPSA) is 69.7 Å². The Morgan fingerprint density at radius 3 is 2.64 bits per heavy atom. The summed E-state index contributed by atoms with van der Waals surface area (Å²) in [5.41, 5.74) is 2.44. The van der Waals surface area contributed by atoms with Gasteiger partial charge in [-0.05, 0) is 36.6 Å². The molecule has 0 fully saturated rings. The summed E-state index contributed by atoms with van der Waals surface area (Å²) in [5.74, 6) is -1.15. The van der Waals surface area contributed by atoms with Gasteiger partial charge in [0.05, 0.1) is 11.9 Å². The number of nitrogens with zero attached hydrogens (tertiary/aromatic N) is 2. The molecule has 0 unspecified atom stereocenters. The summed E-state index contributed by atoms with van der Waals surface area (Å²) >= 11 is 0. The number of amides is 1. The van der Waals surface area contributed by atoms with Crippen LogP contribution in [0.5, 0.6) is 0 Å². The van der Waals surface area contributed by atoms with E-state index in [1.807, 2.05) is 12.1 Å². The number of hydrogen-bond acceptors (Lipinski definition) is 4. The number of benzene rings is 2. The Balaban J connectivity index is 1.51. The van der Waals surface area contributed by atoms with E-state index >= 15 is 0 Å². The van der Waals surface area contributed by atoms with Gasteiger partial charge in [0.15, 0.2) is 0 Å². The van der Waals surface area contributed by atoms with Gasteiger partial charge in [0.1, 0.15) is 12.4 Å². The molecule has 3 rings (SSSR count). The zero-order chi connectivity index (χ0) is 20.1. The monoisotopic (exact) mass is 405 g/mol. The van der Waals surface area contributed by atoms with Crippen molar-refractivity contribution >= 4 is 27.3 Å². The van der Waals surface area contributed by atoms with Gasteiger partial charge in [-0.2, -0.15) is 0 Å². The maximum Gasteiger partial charge on any atom is 0.240 e. The average molecular weight is 405 g/mol. The molecule has 0 bridgehead atoms. The van der Waals surface area contributed by atoms with Gasteiger partial charge in [0.25, 0.3) is 0 Å². The van der Waals surface area contributed by atoms with Crippen molar-refractivity contribution in [3.8, 4) is 0 Å². The first-order valence-electron chi connectivity index (χ1n) is 9.18. The van der Waals surface area contributed by atoms with Gasteiger partial charge in [-0.15, -0.1) is 0 Å². The van der Waals surface area contributed by atoms with Crippen molar-refractivity contribution in [2.75, 3.05) is 41.6 Å². The number of hydrogen-bond donors (Lipinski definition) is 1. The zero-order valence-corrected chi connectivity index (χ0v) is 16.6. The van der Waals surface area contributed by atoms with E-state index in [9.17, 15) is 17.6 Å². The molecule has 0 aromatic heterocycles. The second-order valence-electron chi connectivity index (χ2n) is 6.79. The molecule has 6 nitrogen and oxygen atoms in total. The Hall–Kier alpha value is -2.61. The molecule has 1 aliphatic heterocycles. The average Bonchev–Trinajstić information content (AvgIpc) is 3.06. The smallest absolute Gasteiger partial charge is 0.240 e. The molecule has 1 N–H and O–H groups in total. The van der Waals surface area contributed by atoms with Gasteiger partial charge < -0.3 is 10.2 Å². The normalized spacial score (nSPS) is 13.3. The SMILES string of the molecule is CS(=O)(=O)N(CC(=O)NCCCN1CCc2ccccc21)c1ccccc1F. The Bertz CT molecular complexity index is 949. The van der Waals surface area contributed by atoms with E-state index in [-0.39, 0.29) is 5.69 Å². The minimum Gasteiger partial charge on any atom is -0.371 e. The maximum absolute atomic E-state index is 14.0. The van der Waals surface area contributed by atoms with Crippen molar-refractivity contribution in [1.29, 1.82) is 0 Å². The summed E-state index contributed by atoms with van der Waals surface area (Å²) in [5, 5.41) is 2.73. The lowest BCUT2D eigenvalue weighted by molar-refractivity contribution is -0.119. The Labute approximate surface area is 165 Å². The van der Waals surface area contributed by atoms with Crippen molar-refractivity contribution in [2.45, 2.75) is 12.8 Å². The van der Waals surface area contributed by atoms with Crippen LogP contribution in [0, 0.1) is 5.82 Å². The van der Waals surface area contributed by atoms with Crippen LogP contribution in [0.1, 0.15) is 12.0 Å². The summed E-state index contributed by atoms with van der Waals surface area (Å²) in [7, 11) is -3.79. The van der Waals surface area contributed by atoms with Crippen LogP contribution in [0.15, 0.2) is 48.5 Å². The number of nitrogens with one attached hydrogen (secondary N) is 1. The van der Waals surface area contributed by atoms with Crippen molar-refractivity contribution in [1.82, 2.24) is 5.32 Å². The van der Waals surface area contributed by atoms with Gasteiger partial charge in [-0.1, -0.05) is 30.3 Å². The second kappa shape index (κ2) is 8.60. The first kappa shape index (κ1) is 20.1. The molecule has 1 heterocycles. The number of carbonyl (C=O) groups excluding carboxylic acids is 1. The van der Waals surface area contributed by atoms with E-state index in [4.69, 9.17) is 0 Å². The number of para-hydroxylation sites is 2. The van der Waals surface area contributed by atoms with Crippen molar-refractivity contribution < 1.29 is 17.6 Å². The number of halogens is 1. The first-order chi connectivity index (χ1) is 13.4. The molecule has 28 heavy (non-hydrogen) atoms. The molecule has 8 heteroatoms. The van der Waals surface area contributed by atoms with Gasteiger partial charge in [-0.3, -0.25) is 9.10 Å².